The Morgan fingerprint density at radius 3 is 2.52 bits per heavy atom. The fourth-order valence-corrected chi connectivity index (χ4v) is 4.68. The van der Waals surface area contributed by atoms with Crippen LogP contribution < -0.4 is 9.47 Å². The van der Waals surface area contributed by atoms with Gasteiger partial charge in [-0.25, -0.2) is 4.79 Å². The number of benzene rings is 3. The summed E-state index contributed by atoms with van der Waals surface area (Å²) in [5.74, 6) is -0.397. The Bertz CT molecular complexity index is 1340. The molecular formula is C26H17BrO6. The van der Waals surface area contributed by atoms with Crippen LogP contribution in [0.5, 0.6) is 11.5 Å². The maximum Gasteiger partial charge on any atom is 0.337 e. The highest BCUT2D eigenvalue weighted by Gasteiger charge is 2.39. The van der Waals surface area contributed by atoms with Gasteiger partial charge in [0.2, 0.25) is 5.78 Å². The van der Waals surface area contributed by atoms with Gasteiger partial charge in [0.25, 0.3) is 0 Å². The average Bonchev–Trinajstić information content (AvgIpc) is 3.14. The lowest BCUT2D eigenvalue weighted by atomic mass is 9.84. The Balaban J connectivity index is 1.55. The number of allylic oxidation sites excluding steroid dienone is 1. The van der Waals surface area contributed by atoms with Gasteiger partial charge < -0.3 is 14.2 Å². The Hall–Kier alpha value is -3.71. The molecule has 164 valence electrons. The van der Waals surface area contributed by atoms with E-state index < -0.39 is 5.97 Å². The van der Waals surface area contributed by atoms with E-state index in [0.29, 0.717) is 33.8 Å². The molecule has 7 heteroatoms. The summed E-state index contributed by atoms with van der Waals surface area (Å²) < 4.78 is 17.1. The molecule has 0 saturated heterocycles. The SMILES string of the molecule is COC(=O)c1ccc(/C=C2\Oc3c(ccc4c3[C@H](c3ccccc3Br)CC(=O)O4)C2=O)cc1. The van der Waals surface area contributed by atoms with Crippen molar-refractivity contribution in [1.29, 1.82) is 0 Å². The van der Waals surface area contributed by atoms with Crippen molar-refractivity contribution in [2.45, 2.75) is 12.3 Å². The smallest absolute Gasteiger partial charge is 0.337 e. The van der Waals surface area contributed by atoms with Crippen molar-refractivity contribution >= 4 is 39.7 Å². The predicted molar refractivity (Wildman–Crippen MR) is 123 cm³/mol. The number of methoxy groups -OCH3 is 1. The zero-order valence-electron chi connectivity index (χ0n) is 17.5. The lowest BCUT2D eigenvalue weighted by Crippen LogP contribution is -2.21. The molecule has 1 atom stereocenters. The van der Waals surface area contributed by atoms with E-state index in [0.717, 1.165) is 10.0 Å². The first-order valence-electron chi connectivity index (χ1n) is 10.2. The number of carbonyl (C=O) groups excluding carboxylic acids is 3. The van der Waals surface area contributed by atoms with Crippen LogP contribution in [0.2, 0.25) is 0 Å². The number of carbonyl (C=O) groups is 3. The lowest BCUT2D eigenvalue weighted by molar-refractivity contribution is -0.135. The maximum absolute atomic E-state index is 13.1. The molecule has 0 fully saturated rings. The molecule has 0 radical (unpaired) electrons. The minimum atomic E-state index is -0.436. The van der Waals surface area contributed by atoms with E-state index in [1.807, 2.05) is 24.3 Å². The van der Waals surface area contributed by atoms with Gasteiger partial charge in [-0.1, -0.05) is 46.3 Å². The number of halogens is 1. The van der Waals surface area contributed by atoms with Crippen LogP contribution >= 0.6 is 15.9 Å². The van der Waals surface area contributed by atoms with Crippen molar-refractivity contribution in [2.24, 2.45) is 0 Å². The minimum Gasteiger partial charge on any atom is -0.465 e. The molecule has 0 aliphatic carbocycles. The summed E-state index contributed by atoms with van der Waals surface area (Å²) in [4.78, 5) is 37.0. The Labute approximate surface area is 197 Å². The van der Waals surface area contributed by atoms with Crippen LogP contribution in [0.3, 0.4) is 0 Å². The van der Waals surface area contributed by atoms with Gasteiger partial charge in [0, 0.05) is 16.0 Å². The average molecular weight is 505 g/mol. The largest absolute Gasteiger partial charge is 0.465 e. The van der Waals surface area contributed by atoms with Gasteiger partial charge in [-0.15, -0.1) is 0 Å². The molecule has 2 aliphatic rings. The van der Waals surface area contributed by atoms with Crippen molar-refractivity contribution in [2.75, 3.05) is 7.11 Å². The van der Waals surface area contributed by atoms with Crippen molar-refractivity contribution in [3.8, 4) is 11.5 Å². The standard InChI is InChI=1S/C26H17BrO6/c1-31-26(30)15-8-6-14(7-9-15)12-21-24(29)17-10-11-20-23(25(17)33-21)18(13-22(28)32-20)16-4-2-3-5-19(16)27/h2-12,18H,13H2,1H3/b21-12-/t18-/m0/s1. The predicted octanol–water partition coefficient (Wildman–Crippen LogP) is 5.29. The first kappa shape index (κ1) is 21.2. The van der Waals surface area contributed by atoms with E-state index in [9.17, 15) is 14.4 Å². The molecule has 2 aliphatic heterocycles. The van der Waals surface area contributed by atoms with Gasteiger partial charge in [-0.2, -0.15) is 0 Å². The normalized spacial score (nSPS) is 17.8. The van der Waals surface area contributed by atoms with Crippen molar-refractivity contribution in [3.63, 3.8) is 0 Å². The Morgan fingerprint density at radius 2 is 1.79 bits per heavy atom. The fraction of sp³-hybridized carbons (Fsp3) is 0.115. The summed E-state index contributed by atoms with van der Waals surface area (Å²) in [6.07, 6.45) is 1.76. The highest BCUT2D eigenvalue weighted by atomic mass is 79.9. The maximum atomic E-state index is 13.1. The number of rotatable bonds is 3. The van der Waals surface area contributed by atoms with Crippen molar-refractivity contribution in [3.05, 3.63) is 98.7 Å². The molecule has 3 aromatic rings. The van der Waals surface area contributed by atoms with Crippen molar-refractivity contribution in [1.82, 2.24) is 0 Å². The molecule has 6 nitrogen and oxygen atoms in total. The van der Waals surface area contributed by atoms with Crippen LogP contribution in [0.4, 0.5) is 0 Å². The zero-order chi connectivity index (χ0) is 23.1. The molecule has 0 spiro atoms. The molecule has 0 unspecified atom stereocenters. The second-order valence-electron chi connectivity index (χ2n) is 7.66. The zero-order valence-corrected chi connectivity index (χ0v) is 19.0. The highest BCUT2D eigenvalue weighted by molar-refractivity contribution is 9.10. The number of hydrogen-bond donors (Lipinski definition) is 0. The van der Waals surface area contributed by atoms with Crippen LogP contribution in [0, 0.1) is 0 Å². The van der Waals surface area contributed by atoms with Gasteiger partial charge in [0.1, 0.15) is 11.5 Å². The van der Waals surface area contributed by atoms with Gasteiger partial charge in [0.05, 0.1) is 24.7 Å². The van der Waals surface area contributed by atoms with Gasteiger partial charge in [-0.3, -0.25) is 9.59 Å². The van der Waals surface area contributed by atoms with E-state index >= 15 is 0 Å². The Morgan fingerprint density at radius 1 is 1.03 bits per heavy atom. The van der Waals surface area contributed by atoms with E-state index in [4.69, 9.17) is 14.2 Å². The second-order valence-corrected chi connectivity index (χ2v) is 8.51. The second kappa shape index (κ2) is 8.33. The molecule has 0 aromatic heterocycles. The molecular weight excluding hydrogens is 488 g/mol. The molecule has 33 heavy (non-hydrogen) atoms. The van der Waals surface area contributed by atoms with E-state index in [2.05, 4.69) is 15.9 Å². The third-order valence-corrected chi connectivity index (χ3v) is 6.41. The van der Waals surface area contributed by atoms with Crippen LogP contribution in [0.25, 0.3) is 6.08 Å². The van der Waals surface area contributed by atoms with E-state index in [1.54, 1.807) is 42.5 Å². The third-order valence-electron chi connectivity index (χ3n) is 5.69. The summed E-state index contributed by atoms with van der Waals surface area (Å²) in [5.41, 5.74) is 3.11. The number of ketones is 1. The number of esters is 2. The topological polar surface area (TPSA) is 78.9 Å². The summed E-state index contributed by atoms with van der Waals surface area (Å²) >= 11 is 3.57. The first-order valence-corrected chi connectivity index (χ1v) is 11.0. The third kappa shape index (κ3) is 3.74. The van der Waals surface area contributed by atoms with Crippen LogP contribution in [-0.4, -0.2) is 24.8 Å². The summed E-state index contributed by atoms with van der Waals surface area (Å²) in [7, 11) is 1.32. The number of fused-ring (bicyclic) bond motifs is 3. The number of hydrogen-bond acceptors (Lipinski definition) is 6. The molecule has 0 bridgehead atoms. The molecule has 0 amide bonds. The van der Waals surface area contributed by atoms with Gasteiger partial charge >= 0.3 is 11.9 Å². The lowest BCUT2D eigenvalue weighted by Gasteiger charge is -2.27. The molecule has 0 saturated carbocycles. The van der Waals surface area contributed by atoms with Gasteiger partial charge in [0.15, 0.2) is 5.76 Å². The van der Waals surface area contributed by atoms with Gasteiger partial charge in [-0.05, 0) is 47.5 Å². The molecule has 5 rings (SSSR count). The van der Waals surface area contributed by atoms with E-state index in [-0.39, 0.29) is 29.9 Å². The van der Waals surface area contributed by atoms with Crippen LogP contribution in [0.1, 0.15) is 49.7 Å². The number of Topliss-reactive ketones (excluding diaryl/α,β-unsaturated/α-hetero) is 1. The first-order chi connectivity index (χ1) is 16.0. The van der Waals surface area contributed by atoms with Crippen molar-refractivity contribution < 1.29 is 28.6 Å². The quantitative estimate of drug-likeness (QED) is 0.274. The number of ether oxygens (including phenoxy) is 3. The summed E-state index contributed by atoms with van der Waals surface area (Å²) in [6.45, 7) is 0. The minimum absolute atomic E-state index is 0.137. The van der Waals surface area contributed by atoms with Crippen LogP contribution in [-0.2, 0) is 9.53 Å². The molecule has 2 heterocycles. The highest BCUT2D eigenvalue weighted by Crippen LogP contribution is 2.49. The Kier molecular flexibility index (Phi) is 5.34. The van der Waals surface area contributed by atoms with Crippen LogP contribution in [0.15, 0.2) is 70.9 Å². The molecule has 0 N–H and O–H groups in total. The summed E-state index contributed by atoms with van der Waals surface area (Å²) in [6, 6.07) is 17.6. The fourth-order valence-electron chi connectivity index (χ4n) is 4.11. The monoisotopic (exact) mass is 504 g/mol. The summed E-state index contributed by atoms with van der Waals surface area (Å²) in [5, 5.41) is 0. The molecule has 3 aromatic carbocycles. The van der Waals surface area contributed by atoms with E-state index in [1.165, 1.54) is 7.11 Å².